The van der Waals surface area contributed by atoms with Crippen LogP contribution >= 0.6 is 0 Å². The minimum atomic E-state index is -0.923. The molecule has 2 N–H and O–H groups in total. The van der Waals surface area contributed by atoms with E-state index in [-0.39, 0.29) is 12.3 Å². The van der Waals surface area contributed by atoms with Crippen LogP contribution in [0.15, 0.2) is 54.6 Å². The summed E-state index contributed by atoms with van der Waals surface area (Å²) in [6, 6.07) is 17.4. The highest BCUT2D eigenvalue weighted by molar-refractivity contribution is 5.80. The molecule has 140 valence electrons. The van der Waals surface area contributed by atoms with Gasteiger partial charge in [-0.3, -0.25) is 14.2 Å². The van der Waals surface area contributed by atoms with E-state index in [1.54, 1.807) is 13.8 Å². The lowest BCUT2D eigenvalue weighted by atomic mass is 10.0. The number of amides is 1. The molecular weight excluding hydrogens is 342 g/mol. The Morgan fingerprint density at radius 1 is 1.07 bits per heavy atom. The number of hydrogen-bond acceptors (Lipinski definition) is 3. The van der Waals surface area contributed by atoms with Crippen LogP contribution in [-0.4, -0.2) is 32.6 Å². The molecule has 3 aromatic rings. The number of carbonyl (C=O) groups is 2. The molecule has 2 unspecified atom stereocenters. The summed E-state index contributed by atoms with van der Waals surface area (Å²) in [5, 5.41) is 11.8. The first-order chi connectivity index (χ1) is 13.0. The van der Waals surface area contributed by atoms with Crippen molar-refractivity contribution in [3.05, 3.63) is 60.4 Å². The monoisotopic (exact) mass is 365 g/mol. The van der Waals surface area contributed by atoms with E-state index in [9.17, 15) is 9.59 Å². The van der Waals surface area contributed by atoms with Crippen LogP contribution in [0.2, 0.25) is 0 Å². The Labute approximate surface area is 157 Å². The number of aryl methyl sites for hydroxylation is 1. The van der Waals surface area contributed by atoms with Crippen molar-refractivity contribution in [1.82, 2.24) is 14.9 Å². The molecule has 1 aromatic heterocycles. The van der Waals surface area contributed by atoms with Gasteiger partial charge in [0, 0.05) is 24.6 Å². The Kier molecular flexibility index (Phi) is 5.54. The number of fused-ring (bicyclic) bond motifs is 1. The average molecular weight is 365 g/mol. The first kappa shape index (κ1) is 18.6. The fourth-order valence-corrected chi connectivity index (χ4v) is 3.00. The maximum atomic E-state index is 12.3. The third kappa shape index (κ3) is 4.16. The van der Waals surface area contributed by atoms with Gasteiger partial charge in [-0.2, -0.15) is 0 Å². The first-order valence-corrected chi connectivity index (χ1v) is 9.01. The van der Waals surface area contributed by atoms with E-state index < -0.39 is 17.9 Å². The Balaban J connectivity index is 1.79. The topological polar surface area (TPSA) is 84.2 Å². The van der Waals surface area contributed by atoms with E-state index in [0.717, 1.165) is 22.5 Å². The summed E-state index contributed by atoms with van der Waals surface area (Å²) in [5.74, 6) is -0.935. The lowest BCUT2D eigenvalue weighted by Crippen LogP contribution is -2.40. The molecule has 0 aliphatic heterocycles. The van der Waals surface area contributed by atoms with E-state index in [1.165, 1.54) is 0 Å². The molecule has 2 atom stereocenters. The lowest BCUT2D eigenvalue weighted by molar-refractivity contribution is -0.142. The maximum Gasteiger partial charge on any atom is 0.308 e. The SMILES string of the molecule is CC(NC(=O)CCc1nc2ccccc2n1-c1ccccc1)C(C)C(=O)O. The summed E-state index contributed by atoms with van der Waals surface area (Å²) in [6.45, 7) is 3.29. The Hall–Kier alpha value is -3.15. The quantitative estimate of drug-likeness (QED) is 0.673. The smallest absolute Gasteiger partial charge is 0.308 e. The molecule has 6 nitrogen and oxygen atoms in total. The standard InChI is InChI=1S/C21H23N3O3/c1-14(21(26)27)15(2)22-20(25)13-12-19-23-17-10-6-7-11-18(17)24(19)16-8-4-3-5-9-16/h3-11,14-15H,12-13H2,1-2H3,(H,22,25)(H,26,27). The van der Waals surface area contributed by atoms with Gasteiger partial charge in [0.2, 0.25) is 5.91 Å². The molecule has 6 heteroatoms. The Morgan fingerprint density at radius 3 is 2.44 bits per heavy atom. The summed E-state index contributed by atoms with van der Waals surface area (Å²) in [4.78, 5) is 28.0. The second-order valence-corrected chi connectivity index (χ2v) is 6.67. The number of aromatic nitrogens is 2. The zero-order chi connectivity index (χ0) is 19.4. The van der Waals surface area contributed by atoms with Crippen LogP contribution in [0.25, 0.3) is 16.7 Å². The highest BCUT2D eigenvalue weighted by Crippen LogP contribution is 2.22. The predicted octanol–water partition coefficient (Wildman–Crippen LogP) is 3.18. The lowest BCUT2D eigenvalue weighted by Gasteiger charge is -2.17. The van der Waals surface area contributed by atoms with Gasteiger partial charge in [-0.25, -0.2) is 4.98 Å². The van der Waals surface area contributed by atoms with Crippen molar-refractivity contribution in [2.24, 2.45) is 5.92 Å². The third-order valence-corrected chi connectivity index (χ3v) is 4.75. The molecule has 0 spiro atoms. The minimum absolute atomic E-state index is 0.178. The van der Waals surface area contributed by atoms with Crippen molar-refractivity contribution >= 4 is 22.9 Å². The van der Waals surface area contributed by atoms with Gasteiger partial charge in [0.1, 0.15) is 5.82 Å². The third-order valence-electron chi connectivity index (χ3n) is 4.75. The van der Waals surface area contributed by atoms with Crippen LogP contribution in [0, 0.1) is 5.92 Å². The molecule has 0 bridgehead atoms. The van der Waals surface area contributed by atoms with Gasteiger partial charge >= 0.3 is 5.97 Å². The van der Waals surface area contributed by atoms with Crippen LogP contribution in [0.3, 0.4) is 0 Å². The number of carboxylic acids is 1. The van der Waals surface area contributed by atoms with Gasteiger partial charge < -0.3 is 10.4 Å². The summed E-state index contributed by atoms with van der Waals surface area (Å²) in [5.41, 5.74) is 2.87. The molecule has 1 amide bonds. The number of nitrogens with one attached hydrogen (secondary N) is 1. The molecule has 0 aliphatic rings. The number of rotatable bonds is 7. The average Bonchev–Trinajstić information content (AvgIpc) is 3.04. The van der Waals surface area contributed by atoms with E-state index in [1.807, 2.05) is 54.6 Å². The summed E-state index contributed by atoms with van der Waals surface area (Å²) >= 11 is 0. The molecule has 0 fully saturated rings. The number of hydrogen-bond donors (Lipinski definition) is 2. The van der Waals surface area contributed by atoms with Crippen molar-refractivity contribution in [3.63, 3.8) is 0 Å². The van der Waals surface area contributed by atoms with E-state index >= 15 is 0 Å². The zero-order valence-electron chi connectivity index (χ0n) is 15.4. The molecule has 0 saturated carbocycles. The highest BCUT2D eigenvalue weighted by atomic mass is 16.4. The van der Waals surface area contributed by atoms with Gasteiger partial charge in [0.15, 0.2) is 0 Å². The molecule has 0 saturated heterocycles. The number of carboxylic acid groups (broad SMARTS) is 1. The summed E-state index contributed by atoms with van der Waals surface area (Å²) in [6.07, 6.45) is 0.705. The van der Waals surface area contributed by atoms with Crippen molar-refractivity contribution in [1.29, 1.82) is 0 Å². The number of carbonyl (C=O) groups excluding carboxylic acids is 1. The molecule has 0 aliphatic carbocycles. The van der Waals surface area contributed by atoms with Crippen molar-refractivity contribution in [3.8, 4) is 5.69 Å². The minimum Gasteiger partial charge on any atom is -0.481 e. The van der Waals surface area contributed by atoms with Crippen molar-refractivity contribution in [2.45, 2.75) is 32.7 Å². The Bertz CT molecular complexity index is 950. The summed E-state index contributed by atoms with van der Waals surface area (Å²) < 4.78 is 2.06. The molecule has 3 rings (SSSR count). The van der Waals surface area contributed by atoms with Crippen LogP contribution in [0.5, 0.6) is 0 Å². The fourth-order valence-electron chi connectivity index (χ4n) is 3.00. The number of imidazole rings is 1. The number of benzene rings is 2. The first-order valence-electron chi connectivity index (χ1n) is 9.01. The highest BCUT2D eigenvalue weighted by Gasteiger charge is 2.21. The van der Waals surface area contributed by atoms with Crippen LogP contribution < -0.4 is 5.32 Å². The van der Waals surface area contributed by atoms with Gasteiger partial charge in [-0.1, -0.05) is 30.3 Å². The molecule has 1 heterocycles. The van der Waals surface area contributed by atoms with Crippen LogP contribution in [0.4, 0.5) is 0 Å². The van der Waals surface area contributed by atoms with Crippen LogP contribution in [0.1, 0.15) is 26.1 Å². The number of nitrogens with zero attached hydrogens (tertiary/aromatic N) is 2. The molecule has 2 aromatic carbocycles. The molecular formula is C21H23N3O3. The zero-order valence-corrected chi connectivity index (χ0v) is 15.4. The van der Waals surface area contributed by atoms with E-state index in [0.29, 0.717) is 6.42 Å². The Morgan fingerprint density at radius 2 is 1.74 bits per heavy atom. The van der Waals surface area contributed by atoms with Gasteiger partial charge in [-0.05, 0) is 38.1 Å². The molecule has 27 heavy (non-hydrogen) atoms. The maximum absolute atomic E-state index is 12.3. The summed E-state index contributed by atoms with van der Waals surface area (Å²) in [7, 11) is 0. The van der Waals surface area contributed by atoms with E-state index in [4.69, 9.17) is 10.1 Å². The van der Waals surface area contributed by atoms with E-state index in [2.05, 4.69) is 9.88 Å². The number of aliphatic carboxylic acids is 1. The predicted molar refractivity (Wildman–Crippen MR) is 104 cm³/mol. The van der Waals surface area contributed by atoms with Gasteiger partial charge in [-0.15, -0.1) is 0 Å². The second kappa shape index (κ2) is 8.03. The molecule has 0 radical (unpaired) electrons. The van der Waals surface area contributed by atoms with Crippen LogP contribution in [-0.2, 0) is 16.0 Å². The normalized spacial score (nSPS) is 13.3. The fraction of sp³-hybridized carbons (Fsp3) is 0.286. The largest absolute Gasteiger partial charge is 0.481 e. The van der Waals surface area contributed by atoms with Crippen molar-refractivity contribution in [2.75, 3.05) is 0 Å². The van der Waals surface area contributed by atoms with Gasteiger partial charge in [0.25, 0.3) is 0 Å². The van der Waals surface area contributed by atoms with Gasteiger partial charge in [0.05, 0.1) is 17.0 Å². The number of para-hydroxylation sites is 3. The second-order valence-electron chi connectivity index (χ2n) is 6.67. The van der Waals surface area contributed by atoms with Crippen molar-refractivity contribution < 1.29 is 14.7 Å².